The summed E-state index contributed by atoms with van der Waals surface area (Å²) in [4.78, 5) is 25.0. The monoisotopic (exact) mass is 269 g/mol. The van der Waals surface area contributed by atoms with Crippen LogP contribution in [-0.4, -0.2) is 54.2 Å². The van der Waals surface area contributed by atoms with Crippen molar-refractivity contribution in [2.75, 3.05) is 26.2 Å². The fraction of sp³-hybridized carbons (Fsp3) is 0.846. The van der Waals surface area contributed by atoms with Crippen LogP contribution in [0.2, 0.25) is 0 Å². The van der Waals surface area contributed by atoms with Crippen LogP contribution in [0.5, 0.6) is 0 Å². The molecule has 2 unspecified atom stereocenters. The standard InChI is InChI=1S/C13H23N3O3/c17-12(18)10-3-1-4-11(9-10)15-13(19)16-7-2-5-14-6-8-16/h10-11,14H,1-9H2,(H,15,19)(H,17,18). The van der Waals surface area contributed by atoms with E-state index in [0.29, 0.717) is 6.42 Å². The summed E-state index contributed by atoms with van der Waals surface area (Å²) in [5.41, 5.74) is 0. The molecule has 0 bridgehead atoms. The highest BCUT2D eigenvalue weighted by molar-refractivity contribution is 5.75. The fourth-order valence-electron chi connectivity index (χ4n) is 2.86. The second kappa shape index (κ2) is 6.75. The van der Waals surface area contributed by atoms with E-state index >= 15 is 0 Å². The lowest BCUT2D eigenvalue weighted by Gasteiger charge is -2.30. The highest BCUT2D eigenvalue weighted by Gasteiger charge is 2.28. The largest absolute Gasteiger partial charge is 0.481 e. The SMILES string of the molecule is O=C(O)C1CCCC(NC(=O)N2CCCNCC2)C1. The van der Waals surface area contributed by atoms with Crippen LogP contribution in [0, 0.1) is 5.92 Å². The van der Waals surface area contributed by atoms with Crippen molar-refractivity contribution in [1.29, 1.82) is 0 Å². The first-order valence-electron chi connectivity index (χ1n) is 7.16. The zero-order chi connectivity index (χ0) is 13.7. The number of rotatable bonds is 2. The van der Waals surface area contributed by atoms with Gasteiger partial charge in [-0.25, -0.2) is 4.79 Å². The van der Waals surface area contributed by atoms with Crippen LogP contribution in [-0.2, 0) is 4.79 Å². The van der Waals surface area contributed by atoms with Gasteiger partial charge in [0, 0.05) is 25.7 Å². The number of hydrogen-bond acceptors (Lipinski definition) is 3. The number of nitrogens with zero attached hydrogens (tertiary/aromatic N) is 1. The molecule has 2 aliphatic rings. The van der Waals surface area contributed by atoms with E-state index in [1.54, 1.807) is 0 Å². The number of carboxylic acids is 1. The molecule has 108 valence electrons. The molecule has 0 aromatic heterocycles. The Morgan fingerprint density at radius 3 is 2.79 bits per heavy atom. The smallest absolute Gasteiger partial charge is 0.317 e. The summed E-state index contributed by atoms with van der Waals surface area (Å²) < 4.78 is 0. The molecule has 0 aromatic carbocycles. The molecule has 1 aliphatic carbocycles. The van der Waals surface area contributed by atoms with Crippen molar-refractivity contribution in [3.63, 3.8) is 0 Å². The molecule has 6 heteroatoms. The molecule has 2 atom stereocenters. The van der Waals surface area contributed by atoms with Gasteiger partial charge in [-0.2, -0.15) is 0 Å². The Morgan fingerprint density at radius 1 is 1.16 bits per heavy atom. The number of aliphatic carboxylic acids is 1. The number of nitrogens with one attached hydrogen (secondary N) is 2. The Labute approximate surface area is 113 Å². The number of carbonyl (C=O) groups excluding carboxylic acids is 1. The van der Waals surface area contributed by atoms with Crippen molar-refractivity contribution in [1.82, 2.24) is 15.5 Å². The Morgan fingerprint density at radius 2 is 2.00 bits per heavy atom. The molecule has 19 heavy (non-hydrogen) atoms. The van der Waals surface area contributed by atoms with Crippen molar-refractivity contribution in [3.05, 3.63) is 0 Å². The molecule has 1 saturated heterocycles. The number of amides is 2. The van der Waals surface area contributed by atoms with E-state index < -0.39 is 5.97 Å². The minimum atomic E-state index is -0.738. The van der Waals surface area contributed by atoms with Gasteiger partial charge in [0.15, 0.2) is 0 Å². The zero-order valence-corrected chi connectivity index (χ0v) is 11.2. The van der Waals surface area contributed by atoms with Crippen molar-refractivity contribution in [3.8, 4) is 0 Å². The van der Waals surface area contributed by atoms with E-state index in [0.717, 1.165) is 51.9 Å². The molecule has 1 heterocycles. The Bertz CT molecular complexity index is 327. The molecule has 1 saturated carbocycles. The molecule has 2 rings (SSSR count). The predicted octanol–water partition coefficient (Wildman–Crippen LogP) is 0.635. The number of carboxylic acid groups (broad SMARTS) is 1. The quantitative estimate of drug-likeness (QED) is 0.687. The number of urea groups is 1. The molecule has 3 N–H and O–H groups in total. The molecule has 0 aromatic rings. The van der Waals surface area contributed by atoms with Gasteiger partial charge < -0.3 is 20.6 Å². The maximum absolute atomic E-state index is 12.1. The molecule has 6 nitrogen and oxygen atoms in total. The predicted molar refractivity (Wildman–Crippen MR) is 71.0 cm³/mol. The first-order chi connectivity index (χ1) is 9.16. The highest BCUT2D eigenvalue weighted by Crippen LogP contribution is 2.24. The van der Waals surface area contributed by atoms with Crippen molar-refractivity contribution >= 4 is 12.0 Å². The van der Waals surface area contributed by atoms with E-state index in [9.17, 15) is 9.59 Å². The lowest BCUT2D eigenvalue weighted by atomic mass is 9.86. The molecule has 0 spiro atoms. The minimum absolute atomic E-state index is 0.0126. The number of hydrogen-bond donors (Lipinski definition) is 3. The summed E-state index contributed by atoms with van der Waals surface area (Å²) in [7, 11) is 0. The van der Waals surface area contributed by atoms with E-state index in [1.807, 2.05) is 4.90 Å². The van der Waals surface area contributed by atoms with Crippen LogP contribution in [0.4, 0.5) is 4.79 Å². The van der Waals surface area contributed by atoms with Gasteiger partial charge in [-0.15, -0.1) is 0 Å². The topological polar surface area (TPSA) is 81.7 Å². The van der Waals surface area contributed by atoms with Crippen LogP contribution in [0.25, 0.3) is 0 Å². The third-order valence-electron chi connectivity index (χ3n) is 3.98. The van der Waals surface area contributed by atoms with E-state index in [1.165, 1.54) is 0 Å². The average Bonchev–Trinajstić information content (AvgIpc) is 2.68. The summed E-state index contributed by atoms with van der Waals surface area (Å²) in [6.07, 6.45) is 4.03. The van der Waals surface area contributed by atoms with Gasteiger partial charge in [-0.3, -0.25) is 4.79 Å². The molecular formula is C13H23N3O3. The molecule has 0 radical (unpaired) electrons. The van der Waals surface area contributed by atoms with E-state index in [-0.39, 0.29) is 18.0 Å². The van der Waals surface area contributed by atoms with Gasteiger partial charge in [0.2, 0.25) is 0 Å². The third-order valence-corrected chi connectivity index (χ3v) is 3.98. The van der Waals surface area contributed by atoms with Crippen LogP contribution in [0.3, 0.4) is 0 Å². The van der Waals surface area contributed by atoms with Crippen LogP contribution in [0.15, 0.2) is 0 Å². The first kappa shape index (κ1) is 14.1. The van der Waals surface area contributed by atoms with Crippen molar-refractivity contribution in [2.24, 2.45) is 5.92 Å². The average molecular weight is 269 g/mol. The van der Waals surface area contributed by atoms with Gasteiger partial charge in [-0.05, 0) is 32.2 Å². The second-order valence-corrected chi connectivity index (χ2v) is 5.44. The normalized spacial score (nSPS) is 28.5. The highest BCUT2D eigenvalue weighted by atomic mass is 16.4. The summed E-state index contributed by atoms with van der Waals surface area (Å²) in [5.74, 6) is -1.04. The van der Waals surface area contributed by atoms with Gasteiger partial charge >= 0.3 is 12.0 Å². The summed E-state index contributed by atoms with van der Waals surface area (Å²) in [5, 5.41) is 15.3. The zero-order valence-electron chi connectivity index (χ0n) is 11.2. The molecular weight excluding hydrogens is 246 g/mol. The maximum atomic E-state index is 12.1. The van der Waals surface area contributed by atoms with Crippen LogP contribution < -0.4 is 10.6 Å². The van der Waals surface area contributed by atoms with Gasteiger partial charge in [0.25, 0.3) is 0 Å². The van der Waals surface area contributed by atoms with Gasteiger partial charge in [0.1, 0.15) is 0 Å². The van der Waals surface area contributed by atoms with Gasteiger partial charge in [-0.1, -0.05) is 6.42 Å². The molecule has 2 fully saturated rings. The number of carbonyl (C=O) groups is 2. The Hall–Kier alpha value is -1.30. The summed E-state index contributed by atoms with van der Waals surface area (Å²) >= 11 is 0. The van der Waals surface area contributed by atoms with E-state index in [4.69, 9.17) is 5.11 Å². The molecule has 1 aliphatic heterocycles. The van der Waals surface area contributed by atoms with Crippen molar-refractivity contribution in [2.45, 2.75) is 38.1 Å². The van der Waals surface area contributed by atoms with Crippen LogP contribution >= 0.6 is 0 Å². The second-order valence-electron chi connectivity index (χ2n) is 5.44. The summed E-state index contributed by atoms with van der Waals surface area (Å²) in [6.45, 7) is 3.28. The lowest BCUT2D eigenvalue weighted by molar-refractivity contribution is -0.143. The van der Waals surface area contributed by atoms with Crippen LogP contribution in [0.1, 0.15) is 32.1 Å². The fourth-order valence-corrected chi connectivity index (χ4v) is 2.86. The third kappa shape index (κ3) is 4.09. The maximum Gasteiger partial charge on any atom is 0.317 e. The Balaban J connectivity index is 1.82. The van der Waals surface area contributed by atoms with Gasteiger partial charge in [0.05, 0.1) is 5.92 Å². The first-order valence-corrected chi connectivity index (χ1v) is 7.16. The van der Waals surface area contributed by atoms with E-state index in [2.05, 4.69) is 10.6 Å². The molecule has 2 amide bonds. The van der Waals surface area contributed by atoms with Crippen molar-refractivity contribution < 1.29 is 14.7 Å². The minimum Gasteiger partial charge on any atom is -0.481 e. The summed E-state index contributed by atoms with van der Waals surface area (Å²) in [6, 6.07) is -0.0294. The Kier molecular flexibility index (Phi) is 5.01. The lowest BCUT2D eigenvalue weighted by Crippen LogP contribution is -2.47.